The molecule has 0 unspecified atom stereocenters. The quantitative estimate of drug-likeness (QED) is 0.538. The molecule has 1 aromatic rings. The number of rotatable bonds is 3. The van der Waals surface area contributed by atoms with Crippen LogP contribution in [-0.4, -0.2) is 22.8 Å². The summed E-state index contributed by atoms with van der Waals surface area (Å²) < 4.78 is 1.62. The molecule has 0 aromatic carbocycles. The molecule has 4 heteroatoms. The van der Waals surface area contributed by atoms with Gasteiger partial charge in [-0.2, -0.15) is 0 Å². The maximum absolute atomic E-state index is 11.4. The zero-order valence-corrected chi connectivity index (χ0v) is 7.70. The van der Waals surface area contributed by atoms with Crippen molar-refractivity contribution in [2.24, 2.45) is 7.05 Å². The van der Waals surface area contributed by atoms with E-state index in [1.807, 2.05) is 0 Å². The zero-order valence-electron chi connectivity index (χ0n) is 7.70. The molecule has 0 aliphatic rings. The van der Waals surface area contributed by atoms with Gasteiger partial charge in [0.25, 0.3) is 11.7 Å². The molecule has 1 amide bonds. The smallest absolute Gasteiger partial charge is 0.293 e. The van der Waals surface area contributed by atoms with Crippen molar-refractivity contribution in [1.29, 1.82) is 0 Å². The molecule has 0 bridgehead atoms. The van der Waals surface area contributed by atoms with Crippen molar-refractivity contribution >= 4 is 11.7 Å². The number of aromatic nitrogens is 1. The average Bonchev–Trinajstić information content (AvgIpc) is 2.50. The topological polar surface area (TPSA) is 51.1 Å². The van der Waals surface area contributed by atoms with Gasteiger partial charge in [-0.15, -0.1) is 0 Å². The van der Waals surface area contributed by atoms with Gasteiger partial charge < -0.3 is 9.88 Å². The first-order valence-electron chi connectivity index (χ1n) is 4.10. The van der Waals surface area contributed by atoms with Crippen LogP contribution in [-0.2, 0) is 11.8 Å². The van der Waals surface area contributed by atoms with Gasteiger partial charge in [-0.25, -0.2) is 0 Å². The van der Waals surface area contributed by atoms with Crippen molar-refractivity contribution in [2.75, 3.05) is 6.54 Å². The minimum absolute atomic E-state index is 0.408. The molecule has 1 heterocycles. The fourth-order valence-corrected chi connectivity index (χ4v) is 1.05. The van der Waals surface area contributed by atoms with E-state index in [0.717, 1.165) is 0 Å². The van der Waals surface area contributed by atoms with Crippen LogP contribution in [0, 0.1) is 0 Å². The Balaban J connectivity index is 2.80. The van der Waals surface area contributed by atoms with Gasteiger partial charge in [0.1, 0.15) is 0 Å². The lowest BCUT2D eigenvalue weighted by Gasteiger charge is -2.01. The van der Waals surface area contributed by atoms with Crippen molar-refractivity contribution in [1.82, 2.24) is 9.88 Å². The number of hydrogen-bond acceptors (Lipinski definition) is 2. The van der Waals surface area contributed by atoms with Crippen LogP contribution in [0.3, 0.4) is 0 Å². The van der Waals surface area contributed by atoms with Gasteiger partial charge in [0.05, 0.1) is 5.69 Å². The third-order valence-electron chi connectivity index (χ3n) is 1.72. The van der Waals surface area contributed by atoms with Crippen LogP contribution < -0.4 is 5.32 Å². The molecule has 70 valence electrons. The molecule has 0 aliphatic carbocycles. The number of Topliss-reactive ketones (excluding diaryl/α,β-unsaturated/α-hetero) is 1. The summed E-state index contributed by atoms with van der Waals surface area (Å²) in [6.45, 7) is 2.24. The molecule has 0 saturated heterocycles. The molecule has 1 N–H and O–H groups in total. The van der Waals surface area contributed by atoms with Gasteiger partial charge in [0.2, 0.25) is 0 Å². The third-order valence-corrected chi connectivity index (χ3v) is 1.72. The average molecular weight is 180 g/mol. The van der Waals surface area contributed by atoms with Crippen LogP contribution in [0.15, 0.2) is 18.3 Å². The van der Waals surface area contributed by atoms with Gasteiger partial charge in [0.15, 0.2) is 0 Å². The van der Waals surface area contributed by atoms with E-state index in [4.69, 9.17) is 0 Å². The largest absolute Gasteiger partial charge is 0.349 e. The van der Waals surface area contributed by atoms with Crippen LogP contribution >= 0.6 is 0 Å². The summed E-state index contributed by atoms with van der Waals surface area (Å²) in [4.78, 5) is 22.5. The summed E-state index contributed by atoms with van der Waals surface area (Å²) in [6.07, 6.45) is 1.73. The molecule has 0 atom stereocenters. The van der Waals surface area contributed by atoms with E-state index in [0.29, 0.717) is 12.2 Å². The highest BCUT2D eigenvalue weighted by Crippen LogP contribution is 2.00. The standard InChI is InChI=1S/C9H12N2O2/c1-3-10-9(13)8(12)7-5-4-6-11(7)2/h4-6H,3H2,1-2H3,(H,10,13). The molecule has 0 fully saturated rings. The molecule has 0 saturated carbocycles. The lowest BCUT2D eigenvalue weighted by Crippen LogP contribution is -2.31. The van der Waals surface area contributed by atoms with E-state index >= 15 is 0 Å². The second-order valence-electron chi connectivity index (χ2n) is 2.69. The van der Waals surface area contributed by atoms with E-state index < -0.39 is 11.7 Å². The summed E-state index contributed by atoms with van der Waals surface area (Å²) in [5.74, 6) is -1.04. The predicted octanol–water partition coefficient (Wildman–Crippen LogP) is 0.344. The Bertz CT molecular complexity index is 328. The molecule has 0 radical (unpaired) electrons. The van der Waals surface area contributed by atoms with Crippen molar-refractivity contribution in [2.45, 2.75) is 6.92 Å². The number of carbonyl (C=O) groups excluding carboxylic acids is 2. The molecule has 0 spiro atoms. The summed E-state index contributed by atoms with van der Waals surface area (Å²) >= 11 is 0. The monoisotopic (exact) mass is 180 g/mol. The first-order valence-corrected chi connectivity index (χ1v) is 4.10. The summed E-state index contributed by atoms with van der Waals surface area (Å²) in [5, 5.41) is 2.46. The predicted molar refractivity (Wildman–Crippen MR) is 48.4 cm³/mol. The maximum atomic E-state index is 11.4. The molecule has 0 aliphatic heterocycles. The van der Waals surface area contributed by atoms with Gasteiger partial charge in [-0.05, 0) is 19.1 Å². The molecule has 1 aromatic heterocycles. The highest BCUT2D eigenvalue weighted by Gasteiger charge is 2.16. The van der Waals surface area contributed by atoms with Gasteiger partial charge in [-0.3, -0.25) is 9.59 Å². The number of amides is 1. The van der Waals surface area contributed by atoms with Crippen LogP contribution in [0.2, 0.25) is 0 Å². The van der Waals surface area contributed by atoms with E-state index in [2.05, 4.69) is 5.32 Å². The number of likely N-dealkylation sites (N-methyl/N-ethyl adjacent to an activating group) is 1. The highest BCUT2D eigenvalue weighted by atomic mass is 16.2. The molecule has 1 rings (SSSR count). The van der Waals surface area contributed by atoms with Gasteiger partial charge >= 0.3 is 0 Å². The van der Waals surface area contributed by atoms with Gasteiger partial charge in [-0.1, -0.05) is 0 Å². The first-order chi connectivity index (χ1) is 6.16. The summed E-state index contributed by atoms with van der Waals surface area (Å²) in [6, 6.07) is 3.35. The number of nitrogens with zero attached hydrogens (tertiary/aromatic N) is 1. The molecular formula is C9H12N2O2. The second-order valence-corrected chi connectivity index (χ2v) is 2.69. The van der Waals surface area contributed by atoms with Crippen molar-refractivity contribution in [3.8, 4) is 0 Å². The Labute approximate surface area is 76.5 Å². The fraction of sp³-hybridized carbons (Fsp3) is 0.333. The first kappa shape index (κ1) is 9.51. The van der Waals surface area contributed by atoms with Crippen LogP contribution in [0.25, 0.3) is 0 Å². The SMILES string of the molecule is CCNC(=O)C(=O)c1cccn1C. The van der Waals surface area contributed by atoms with Gasteiger partial charge in [0, 0.05) is 19.8 Å². The van der Waals surface area contributed by atoms with E-state index in [-0.39, 0.29) is 0 Å². The number of nitrogens with one attached hydrogen (secondary N) is 1. The van der Waals surface area contributed by atoms with E-state index in [1.165, 1.54) is 0 Å². The number of hydrogen-bond donors (Lipinski definition) is 1. The normalized spacial score (nSPS) is 9.69. The highest BCUT2D eigenvalue weighted by molar-refractivity contribution is 6.42. The zero-order chi connectivity index (χ0) is 9.84. The van der Waals surface area contributed by atoms with E-state index in [9.17, 15) is 9.59 Å². The molecular weight excluding hydrogens is 168 g/mol. The third kappa shape index (κ3) is 1.96. The summed E-state index contributed by atoms with van der Waals surface area (Å²) in [7, 11) is 1.73. The van der Waals surface area contributed by atoms with Crippen LogP contribution in [0.4, 0.5) is 0 Å². The maximum Gasteiger partial charge on any atom is 0.293 e. The molecule has 4 nitrogen and oxygen atoms in total. The lowest BCUT2D eigenvalue weighted by molar-refractivity contribution is -0.116. The Morgan fingerprint density at radius 2 is 2.23 bits per heavy atom. The van der Waals surface area contributed by atoms with Crippen LogP contribution in [0.5, 0.6) is 0 Å². The molecule has 13 heavy (non-hydrogen) atoms. The van der Waals surface area contributed by atoms with Crippen molar-refractivity contribution < 1.29 is 9.59 Å². The minimum atomic E-state index is -0.552. The number of aryl methyl sites for hydroxylation is 1. The Morgan fingerprint density at radius 3 is 2.69 bits per heavy atom. The van der Waals surface area contributed by atoms with Crippen molar-refractivity contribution in [3.63, 3.8) is 0 Å². The second kappa shape index (κ2) is 3.89. The van der Waals surface area contributed by atoms with E-state index in [1.54, 1.807) is 36.9 Å². The lowest BCUT2D eigenvalue weighted by atomic mass is 10.2. The Kier molecular flexibility index (Phi) is 2.84. The fourth-order valence-electron chi connectivity index (χ4n) is 1.05. The number of carbonyl (C=O) groups is 2. The van der Waals surface area contributed by atoms with Crippen molar-refractivity contribution in [3.05, 3.63) is 24.0 Å². The number of ketones is 1. The Morgan fingerprint density at radius 1 is 1.54 bits per heavy atom. The Hall–Kier alpha value is -1.58. The summed E-state index contributed by atoms with van der Waals surface area (Å²) in [5.41, 5.74) is 0.408. The van der Waals surface area contributed by atoms with Crippen LogP contribution in [0.1, 0.15) is 17.4 Å². The minimum Gasteiger partial charge on any atom is -0.349 e.